The Labute approximate surface area is 97.5 Å². The summed E-state index contributed by atoms with van der Waals surface area (Å²) in [6, 6.07) is 4.56. The SMILES string of the molecule is O=[N+]([O-])c1cc(Cl)ccc1C1COCCN1. The Kier molecular flexibility index (Phi) is 3.38. The van der Waals surface area contributed by atoms with Crippen LogP contribution in [-0.2, 0) is 4.74 Å². The van der Waals surface area contributed by atoms with E-state index in [0.717, 1.165) is 0 Å². The van der Waals surface area contributed by atoms with Crippen LogP contribution in [-0.4, -0.2) is 24.7 Å². The Morgan fingerprint density at radius 2 is 2.38 bits per heavy atom. The van der Waals surface area contributed by atoms with E-state index in [1.807, 2.05) is 0 Å². The largest absolute Gasteiger partial charge is 0.378 e. The summed E-state index contributed by atoms with van der Waals surface area (Å²) < 4.78 is 5.28. The first-order chi connectivity index (χ1) is 7.68. The van der Waals surface area contributed by atoms with Crippen molar-refractivity contribution in [1.29, 1.82) is 0 Å². The van der Waals surface area contributed by atoms with E-state index in [1.165, 1.54) is 6.07 Å². The molecule has 0 amide bonds. The van der Waals surface area contributed by atoms with Crippen molar-refractivity contribution in [3.63, 3.8) is 0 Å². The number of nitro groups is 1. The van der Waals surface area contributed by atoms with Crippen LogP contribution < -0.4 is 5.32 Å². The highest BCUT2D eigenvalue weighted by Gasteiger charge is 2.24. The van der Waals surface area contributed by atoms with Crippen LogP contribution in [0.25, 0.3) is 0 Å². The van der Waals surface area contributed by atoms with Gasteiger partial charge in [-0.1, -0.05) is 11.6 Å². The minimum atomic E-state index is -0.419. The van der Waals surface area contributed by atoms with Crippen LogP contribution in [0.15, 0.2) is 18.2 Å². The van der Waals surface area contributed by atoms with E-state index in [2.05, 4.69) is 5.32 Å². The van der Waals surface area contributed by atoms with Gasteiger partial charge in [-0.2, -0.15) is 0 Å². The topological polar surface area (TPSA) is 64.4 Å². The van der Waals surface area contributed by atoms with E-state index in [-0.39, 0.29) is 11.7 Å². The molecule has 1 aromatic carbocycles. The number of ether oxygens (including phenoxy) is 1. The van der Waals surface area contributed by atoms with E-state index >= 15 is 0 Å². The maximum Gasteiger partial charge on any atom is 0.275 e. The lowest BCUT2D eigenvalue weighted by Crippen LogP contribution is -2.34. The maximum absolute atomic E-state index is 10.9. The molecule has 0 saturated carbocycles. The number of hydrogen-bond acceptors (Lipinski definition) is 4. The van der Waals surface area contributed by atoms with Gasteiger partial charge in [-0.25, -0.2) is 0 Å². The molecule has 0 aromatic heterocycles. The van der Waals surface area contributed by atoms with Crippen molar-refractivity contribution in [3.8, 4) is 0 Å². The zero-order valence-electron chi connectivity index (χ0n) is 8.48. The second kappa shape index (κ2) is 4.78. The molecule has 86 valence electrons. The predicted molar refractivity (Wildman–Crippen MR) is 59.7 cm³/mol. The number of nitrogens with one attached hydrogen (secondary N) is 1. The van der Waals surface area contributed by atoms with Gasteiger partial charge in [-0.15, -0.1) is 0 Å². The molecular weight excluding hydrogens is 232 g/mol. The Balaban J connectivity index is 2.34. The predicted octanol–water partition coefficient (Wildman–Crippen LogP) is 1.91. The van der Waals surface area contributed by atoms with Crippen LogP contribution in [0.4, 0.5) is 5.69 Å². The summed E-state index contributed by atoms with van der Waals surface area (Å²) in [7, 11) is 0. The molecule has 2 rings (SSSR count). The van der Waals surface area contributed by atoms with E-state index < -0.39 is 4.92 Å². The van der Waals surface area contributed by atoms with Gasteiger partial charge in [-0.05, 0) is 12.1 Å². The fraction of sp³-hybridized carbons (Fsp3) is 0.400. The van der Waals surface area contributed by atoms with E-state index in [9.17, 15) is 10.1 Å². The first-order valence-electron chi connectivity index (χ1n) is 4.93. The summed E-state index contributed by atoms with van der Waals surface area (Å²) >= 11 is 5.74. The number of morpholine rings is 1. The minimum Gasteiger partial charge on any atom is -0.378 e. The van der Waals surface area contributed by atoms with Gasteiger partial charge < -0.3 is 10.1 Å². The molecule has 1 saturated heterocycles. The maximum atomic E-state index is 10.9. The molecule has 5 nitrogen and oxygen atoms in total. The average Bonchev–Trinajstić information content (AvgIpc) is 2.30. The third-order valence-corrected chi connectivity index (χ3v) is 2.72. The number of hydrogen-bond donors (Lipinski definition) is 1. The normalized spacial score (nSPS) is 20.7. The highest BCUT2D eigenvalue weighted by Crippen LogP contribution is 2.29. The van der Waals surface area contributed by atoms with Crippen molar-refractivity contribution >= 4 is 17.3 Å². The smallest absolute Gasteiger partial charge is 0.275 e. The van der Waals surface area contributed by atoms with Gasteiger partial charge in [0, 0.05) is 23.2 Å². The molecule has 1 atom stereocenters. The van der Waals surface area contributed by atoms with Crippen molar-refractivity contribution < 1.29 is 9.66 Å². The van der Waals surface area contributed by atoms with Gasteiger partial charge in [0.15, 0.2) is 0 Å². The minimum absolute atomic E-state index is 0.0375. The zero-order valence-corrected chi connectivity index (χ0v) is 9.24. The summed E-state index contributed by atoms with van der Waals surface area (Å²) in [5, 5.41) is 14.4. The van der Waals surface area contributed by atoms with Crippen molar-refractivity contribution in [2.75, 3.05) is 19.8 Å². The lowest BCUT2D eigenvalue weighted by atomic mass is 10.0. The summed E-state index contributed by atoms with van der Waals surface area (Å²) in [6.07, 6.45) is 0. The molecule has 1 unspecified atom stereocenters. The Bertz CT molecular complexity index is 405. The molecule has 1 N–H and O–H groups in total. The van der Waals surface area contributed by atoms with Crippen LogP contribution >= 0.6 is 11.6 Å². The highest BCUT2D eigenvalue weighted by molar-refractivity contribution is 6.30. The molecule has 6 heteroatoms. The molecule has 16 heavy (non-hydrogen) atoms. The molecule has 0 radical (unpaired) electrons. The van der Waals surface area contributed by atoms with Gasteiger partial charge in [0.25, 0.3) is 5.69 Å². The number of rotatable bonds is 2. The standard InChI is InChI=1S/C10H11ClN2O3/c11-7-1-2-8(10(5-7)13(14)15)9-6-16-4-3-12-9/h1-2,5,9,12H,3-4,6H2. The monoisotopic (exact) mass is 242 g/mol. The van der Waals surface area contributed by atoms with Crippen molar-refractivity contribution in [2.24, 2.45) is 0 Å². The van der Waals surface area contributed by atoms with E-state index in [4.69, 9.17) is 16.3 Å². The van der Waals surface area contributed by atoms with Crippen molar-refractivity contribution in [1.82, 2.24) is 5.32 Å². The van der Waals surface area contributed by atoms with Crippen LogP contribution in [0.2, 0.25) is 5.02 Å². The third-order valence-electron chi connectivity index (χ3n) is 2.49. The molecule has 0 aliphatic carbocycles. The lowest BCUT2D eigenvalue weighted by Gasteiger charge is -2.23. The Hall–Kier alpha value is -1.17. The molecule has 1 aliphatic heterocycles. The van der Waals surface area contributed by atoms with Crippen LogP contribution in [0.5, 0.6) is 0 Å². The van der Waals surface area contributed by atoms with Gasteiger partial charge in [0.1, 0.15) is 0 Å². The third kappa shape index (κ3) is 2.32. The molecule has 1 aliphatic rings. The first-order valence-corrected chi connectivity index (χ1v) is 5.31. The zero-order chi connectivity index (χ0) is 11.5. The summed E-state index contributed by atoms with van der Waals surface area (Å²) in [6.45, 7) is 1.78. The van der Waals surface area contributed by atoms with Crippen LogP contribution in [0.3, 0.4) is 0 Å². The summed E-state index contributed by atoms with van der Waals surface area (Å²) in [5.74, 6) is 0. The number of halogens is 1. The number of benzene rings is 1. The van der Waals surface area contributed by atoms with Gasteiger partial charge in [-0.3, -0.25) is 10.1 Å². The highest BCUT2D eigenvalue weighted by atomic mass is 35.5. The molecule has 1 fully saturated rings. The number of nitrogens with zero attached hydrogens (tertiary/aromatic N) is 1. The lowest BCUT2D eigenvalue weighted by molar-refractivity contribution is -0.385. The second-order valence-electron chi connectivity index (χ2n) is 3.54. The average molecular weight is 243 g/mol. The summed E-state index contributed by atoms with van der Waals surface area (Å²) in [4.78, 5) is 10.5. The van der Waals surface area contributed by atoms with E-state index in [1.54, 1.807) is 12.1 Å². The van der Waals surface area contributed by atoms with Crippen LogP contribution in [0.1, 0.15) is 11.6 Å². The fourth-order valence-electron chi connectivity index (χ4n) is 1.73. The fourth-order valence-corrected chi connectivity index (χ4v) is 1.90. The molecule has 1 aromatic rings. The molecule has 1 heterocycles. The summed E-state index contributed by atoms with van der Waals surface area (Å²) in [5.41, 5.74) is 0.657. The van der Waals surface area contributed by atoms with E-state index in [0.29, 0.717) is 30.3 Å². The molecule has 0 spiro atoms. The van der Waals surface area contributed by atoms with Crippen molar-refractivity contribution in [3.05, 3.63) is 38.9 Å². The Morgan fingerprint density at radius 1 is 1.56 bits per heavy atom. The van der Waals surface area contributed by atoms with Gasteiger partial charge in [0.05, 0.1) is 24.2 Å². The van der Waals surface area contributed by atoms with Gasteiger partial charge in [0.2, 0.25) is 0 Å². The second-order valence-corrected chi connectivity index (χ2v) is 3.98. The first kappa shape index (κ1) is 11.3. The van der Waals surface area contributed by atoms with Crippen LogP contribution in [0, 0.1) is 10.1 Å². The quantitative estimate of drug-likeness (QED) is 0.636. The number of nitro benzene ring substituents is 1. The van der Waals surface area contributed by atoms with Gasteiger partial charge >= 0.3 is 0 Å². The Morgan fingerprint density at radius 3 is 3.00 bits per heavy atom. The molecule has 0 bridgehead atoms. The van der Waals surface area contributed by atoms with Crippen molar-refractivity contribution in [2.45, 2.75) is 6.04 Å². The molecular formula is C10H11ClN2O3.